The molecule has 0 radical (unpaired) electrons. The summed E-state index contributed by atoms with van der Waals surface area (Å²) in [5.41, 5.74) is 0.128. The number of hydrogen-bond donors (Lipinski definition) is 1. The van der Waals surface area contributed by atoms with Crippen molar-refractivity contribution < 1.29 is 13.5 Å². The number of para-hydroxylation sites is 1. The van der Waals surface area contributed by atoms with Gasteiger partial charge in [0.25, 0.3) is 0 Å². The number of nitrogens with zero attached hydrogens (tertiary/aromatic N) is 1. The topological polar surface area (TPSA) is 67.3 Å². The Hall–Kier alpha value is -1.46. The first kappa shape index (κ1) is 13.5. The van der Waals surface area contributed by atoms with Gasteiger partial charge in [-0.25, -0.2) is 8.42 Å². The zero-order chi connectivity index (χ0) is 14.4. The van der Waals surface area contributed by atoms with Crippen molar-refractivity contribution in [3.8, 4) is 0 Å². The smallest absolute Gasteiger partial charge is 0.153 e. The monoisotopic (exact) mass is 291 g/mol. The fourth-order valence-corrected chi connectivity index (χ4v) is 4.72. The highest BCUT2D eigenvalue weighted by Gasteiger charge is 2.48. The Morgan fingerprint density at radius 1 is 1.35 bits per heavy atom. The summed E-state index contributed by atoms with van der Waals surface area (Å²) in [7, 11) is -3.29. The Bertz CT molecular complexity index is 757. The standard InChI is InChI=1S/C15H17NO3S/c1-20(18,19)14-7-4-8-15(14,17)12-9-11-5-2-3-6-13(11)16-10-12/h2-3,5-6,9-10,14,17H,4,7-8H2,1H3. The van der Waals surface area contributed by atoms with Gasteiger partial charge in [0.2, 0.25) is 0 Å². The van der Waals surface area contributed by atoms with Gasteiger partial charge in [0.15, 0.2) is 9.84 Å². The lowest BCUT2D eigenvalue weighted by atomic mass is 9.92. The van der Waals surface area contributed by atoms with Crippen molar-refractivity contribution >= 4 is 20.7 Å². The second-order valence-corrected chi connectivity index (χ2v) is 7.78. The van der Waals surface area contributed by atoms with Crippen molar-refractivity contribution in [2.45, 2.75) is 30.1 Å². The van der Waals surface area contributed by atoms with E-state index >= 15 is 0 Å². The van der Waals surface area contributed by atoms with Gasteiger partial charge in [-0.1, -0.05) is 18.2 Å². The SMILES string of the molecule is CS(=O)(=O)C1CCCC1(O)c1cnc2ccccc2c1. The molecule has 0 aliphatic heterocycles. The average Bonchev–Trinajstić information content (AvgIpc) is 2.81. The number of aromatic nitrogens is 1. The minimum absolute atomic E-state index is 0.463. The van der Waals surface area contributed by atoms with Gasteiger partial charge in [-0.3, -0.25) is 4.98 Å². The Morgan fingerprint density at radius 3 is 2.85 bits per heavy atom. The summed E-state index contributed by atoms with van der Waals surface area (Å²) in [5.74, 6) is 0. The molecule has 3 rings (SSSR count). The molecule has 0 amide bonds. The molecule has 1 aliphatic rings. The number of pyridine rings is 1. The minimum atomic E-state index is -3.29. The number of benzene rings is 1. The van der Waals surface area contributed by atoms with Crippen LogP contribution in [0.2, 0.25) is 0 Å². The molecule has 20 heavy (non-hydrogen) atoms. The zero-order valence-electron chi connectivity index (χ0n) is 11.3. The van der Waals surface area contributed by atoms with E-state index in [2.05, 4.69) is 4.98 Å². The van der Waals surface area contributed by atoms with E-state index in [1.165, 1.54) is 6.26 Å². The van der Waals surface area contributed by atoms with Gasteiger partial charge in [0.1, 0.15) is 5.60 Å². The number of sulfone groups is 1. The number of hydrogen-bond acceptors (Lipinski definition) is 4. The van der Waals surface area contributed by atoms with Crippen LogP contribution in [0.5, 0.6) is 0 Å². The molecule has 2 aromatic rings. The van der Waals surface area contributed by atoms with Gasteiger partial charge in [0.05, 0.1) is 10.8 Å². The van der Waals surface area contributed by atoms with Crippen molar-refractivity contribution in [3.05, 3.63) is 42.1 Å². The molecule has 0 spiro atoms. The van der Waals surface area contributed by atoms with E-state index in [4.69, 9.17) is 0 Å². The molecular formula is C15H17NO3S. The zero-order valence-corrected chi connectivity index (χ0v) is 12.1. The van der Waals surface area contributed by atoms with E-state index in [0.717, 1.165) is 10.9 Å². The van der Waals surface area contributed by atoms with Crippen LogP contribution in [0.3, 0.4) is 0 Å². The molecule has 1 aromatic heterocycles. The molecule has 1 fully saturated rings. The normalized spacial score (nSPS) is 27.0. The Kier molecular flexibility index (Phi) is 3.06. The first-order valence-corrected chi connectivity index (χ1v) is 8.63. The summed E-state index contributed by atoms with van der Waals surface area (Å²) in [6.07, 6.45) is 4.47. The van der Waals surface area contributed by atoms with Crippen molar-refractivity contribution in [2.75, 3.05) is 6.26 Å². The molecule has 1 aliphatic carbocycles. The Morgan fingerprint density at radius 2 is 2.10 bits per heavy atom. The van der Waals surface area contributed by atoms with Crippen molar-refractivity contribution in [1.82, 2.24) is 4.98 Å². The number of fused-ring (bicyclic) bond motifs is 1. The first-order valence-electron chi connectivity index (χ1n) is 6.68. The van der Waals surface area contributed by atoms with E-state index in [1.807, 2.05) is 30.3 Å². The van der Waals surface area contributed by atoms with Gasteiger partial charge in [-0.15, -0.1) is 0 Å². The summed E-state index contributed by atoms with van der Waals surface area (Å²) < 4.78 is 23.8. The molecule has 1 heterocycles. The van der Waals surface area contributed by atoms with Crippen LogP contribution in [-0.2, 0) is 15.4 Å². The second-order valence-electron chi connectivity index (χ2n) is 5.55. The van der Waals surface area contributed by atoms with Crippen LogP contribution in [0.1, 0.15) is 24.8 Å². The summed E-state index contributed by atoms with van der Waals surface area (Å²) >= 11 is 0. The van der Waals surface area contributed by atoms with Gasteiger partial charge >= 0.3 is 0 Å². The Balaban J connectivity index is 2.13. The maximum Gasteiger partial charge on any atom is 0.153 e. The lowest BCUT2D eigenvalue weighted by Crippen LogP contribution is -2.39. The molecule has 106 valence electrons. The van der Waals surface area contributed by atoms with E-state index in [-0.39, 0.29) is 0 Å². The largest absolute Gasteiger partial charge is 0.384 e. The maximum absolute atomic E-state index is 11.9. The highest BCUT2D eigenvalue weighted by atomic mass is 32.2. The van der Waals surface area contributed by atoms with Gasteiger partial charge in [-0.2, -0.15) is 0 Å². The third-order valence-corrected chi connectivity index (χ3v) is 5.82. The third-order valence-electron chi connectivity index (χ3n) is 4.16. The van der Waals surface area contributed by atoms with E-state index in [0.29, 0.717) is 24.8 Å². The van der Waals surface area contributed by atoms with Crippen LogP contribution < -0.4 is 0 Å². The quantitative estimate of drug-likeness (QED) is 0.919. The number of aliphatic hydroxyl groups is 1. The van der Waals surface area contributed by atoms with Crippen molar-refractivity contribution in [3.63, 3.8) is 0 Å². The molecule has 1 saturated carbocycles. The van der Waals surface area contributed by atoms with Crippen LogP contribution in [0.25, 0.3) is 10.9 Å². The predicted molar refractivity (Wildman–Crippen MR) is 78.1 cm³/mol. The summed E-state index contributed by atoms with van der Waals surface area (Å²) in [6.45, 7) is 0. The predicted octanol–water partition coefficient (Wildman–Crippen LogP) is 2.02. The van der Waals surface area contributed by atoms with E-state index in [1.54, 1.807) is 6.20 Å². The van der Waals surface area contributed by atoms with Crippen LogP contribution in [0.4, 0.5) is 0 Å². The lowest BCUT2D eigenvalue weighted by molar-refractivity contribution is 0.0475. The van der Waals surface area contributed by atoms with Crippen LogP contribution in [-0.4, -0.2) is 30.0 Å². The second kappa shape index (κ2) is 4.53. The molecule has 0 saturated heterocycles. The molecular weight excluding hydrogens is 274 g/mol. The van der Waals surface area contributed by atoms with E-state index < -0.39 is 20.7 Å². The van der Waals surface area contributed by atoms with Crippen LogP contribution in [0.15, 0.2) is 36.5 Å². The molecule has 4 nitrogen and oxygen atoms in total. The van der Waals surface area contributed by atoms with Crippen LogP contribution in [0, 0.1) is 0 Å². The highest BCUT2D eigenvalue weighted by molar-refractivity contribution is 7.91. The summed E-state index contributed by atoms with van der Waals surface area (Å²) in [6, 6.07) is 9.47. The van der Waals surface area contributed by atoms with Gasteiger partial charge in [0, 0.05) is 23.4 Å². The van der Waals surface area contributed by atoms with Crippen molar-refractivity contribution in [2.24, 2.45) is 0 Å². The lowest BCUT2D eigenvalue weighted by Gasteiger charge is -2.29. The van der Waals surface area contributed by atoms with Gasteiger partial charge < -0.3 is 5.11 Å². The highest BCUT2D eigenvalue weighted by Crippen LogP contribution is 2.42. The summed E-state index contributed by atoms with van der Waals surface area (Å²) in [4.78, 5) is 4.33. The molecule has 1 N–H and O–H groups in total. The van der Waals surface area contributed by atoms with Gasteiger partial charge in [-0.05, 0) is 31.4 Å². The molecule has 5 heteroatoms. The Labute approximate surface area is 118 Å². The fraction of sp³-hybridized carbons (Fsp3) is 0.400. The van der Waals surface area contributed by atoms with E-state index in [9.17, 15) is 13.5 Å². The molecule has 1 aromatic carbocycles. The average molecular weight is 291 g/mol. The first-order chi connectivity index (χ1) is 9.41. The summed E-state index contributed by atoms with van der Waals surface area (Å²) in [5, 5.41) is 11.1. The number of rotatable bonds is 2. The third kappa shape index (κ3) is 2.11. The fourth-order valence-electron chi connectivity index (χ4n) is 3.16. The molecule has 2 atom stereocenters. The minimum Gasteiger partial charge on any atom is -0.384 e. The van der Waals surface area contributed by atoms with Crippen molar-refractivity contribution in [1.29, 1.82) is 0 Å². The maximum atomic E-state index is 11.9. The molecule has 2 unspecified atom stereocenters. The van der Waals surface area contributed by atoms with Crippen LogP contribution >= 0.6 is 0 Å². The molecule has 0 bridgehead atoms.